The molecule has 2 aliphatic rings. The van der Waals surface area contributed by atoms with Crippen molar-refractivity contribution in [3.63, 3.8) is 0 Å². The Kier molecular flexibility index (Phi) is 6.23. The molecular weight excluding hydrogens is 412 g/mol. The van der Waals surface area contributed by atoms with E-state index < -0.39 is 5.97 Å². The third-order valence-electron chi connectivity index (χ3n) is 5.60. The number of anilines is 1. The van der Waals surface area contributed by atoms with Gasteiger partial charge in [0.2, 0.25) is 0 Å². The van der Waals surface area contributed by atoms with Crippen LogP contribution in [0.3, 0.4) is 0 Å². The van der Waals surface area contributed by atoms with Gasteiger partial charge in [0, 0.05) is 18.0 Å². The van der Waals surface area contributed by atoms with E-state index >= 15 is 0 Å². The summed E-state index contributed by atoms with van der Waals surface area (Å²) in [6, 6.07) is 10.2. The number of nitrogens with zero attached hydrogens (tertiary/aromatic N) is 2. The van der Waals surface area contributed by atoms with Crippen LogP contribution in [-0.2, 0) is 14.3 Å². The predicted molar refractivity (Wildman–Crippen MR) is 121 cm³/mol. The summed E-state index contributed by atoms with van der Waals surface area (Å²) >= 11 is 1.46. The molecule has 0 aliphatic carbocycles. The fraction of sp³-hybridized carbons (Fsp3) is 0.375. The largest absolute Gasteiger partial charge is 0.462 e. The zero-order valence-corrected chi connectivity index (χ0v) is 18.6. The molecule has 1 atom stereocenters. The number of piperidine rings is 1. The molecule has 0 spiro atoms. The molecule has 2 amide bonds. The van der Waals surface area contributed by atoms with Crippen LogP contribution in [0.4, 0.5) is 5.69 Å². The molecule has 7 heteroatoms. The summed E-state index contributed by atoms with van der Waals surface area (Å²) in [5.74, 6) is -0.560. The highest BCUT2D eigenvalue weighted by atomic mass is 32.1. The summed E-state index contributed by atoms with van der Waals surface area (Å²) < 4.78 is 5.16. The number of thiophene rings is 1. The van der Waals surface area contributed by atoms with Crippen LogP contribution < -0.4 is 4.90 Å². The lowest BCUT2D eigenvalue weighted by Crippen LogP contribution is -2.39. The first-order valence-corrected chi connectivity index (χ1v) is 11.6. The van der Waals surface area contributed by atoms with Gasteiger partial charge in [-0.05, 0) is 60.9 Å². The van der Waals surface area contributed by atoms with Gasteiger partial charge in [-0.25, -0.2) is 9.69 Å². The Labute approximate surface area is 186 Å². The molecule has 3 heterocycles. The van der Waals surface area contributed by atoms with Gasteiger partial charge in [-0.3, -0.25) is 9.59 Å². The molecule has 1 aromatic carbocycles. The van der Waals surface area contributed by atoms with Crippen molar-refractivity contribution < 1.29 is 19.1 Å². The van der Waals surface area contributed by atoms with E-state index in [1.807, 2.05) is 24.4 Å². The fourth-order valence-corrected chi connectivity index (χ4v) is 4.87. The number of likely N-dealkylation sites (tertiary alicyclic amines) is 1. The quantitative estimate of drug-likeness (QED) is 0.496. The number of ether oxygens (including phenoxy) is 1. The molecular formula is C24H26N2O4S. The zero-order chi connectivity index (χ0) is 22.0. The van der Waals surface area contributed by atoms with E-state index in [1.165, 1.54) is 16.2 Å². The van der Waals surface area contributed by atoms with Crippen LogP contribution in [0.15, 0.2) is 47.5 Å². The van der Waals surface area contributed by atoms with E-state index in [9.17, 15) is 14.4 Å². The van der Waals surface area contributed by atoms with Crippen LogP contribution in [0.25, 0.3) is 5.57 Å². The smallest absolute Gasteiger partial charge is 0.338 e. The van der Waals surface area contributed by atoms with Crippen LogP contribution in [-0.4, -0.2) is 42.4 Å². The highest BCUT2D eigenvalue weighted by Crippen LogP contribution is 2.37. The molecule has 6 nitrogen and oxygen atoms in total. The van der Waals surface area contributed by atoms with E-state index in [0.29, 0.717) is 35.0 Å². The number of hydrogen-bond acceptors (Lipinski definition) is 6. The number of hydrogen-bond donors (Lipinski definition) is 0. The lowest BCUT2D eigenvalue weighted by Gasteiger charge is -2.33. The summed E-state index contributed by atoms with van der Waals surface area (Å²) in [7, 11) is 0. The van der Waals surface area contributed by atoms with Gasteiger partial charge in [0.25, 0.3) is 11.8 Å². The van der Waals surface area contributed by atoms with Crippen molar-refractivity contribution >= 4 is 40.4 Å². The molecule has 0 bridgehead atoms. The van der Waals surface area contributed by atoms with Gasteiger partial charge in [0.15, 0.2) is 0 Å². The van der Waals surface area contributed by atoms with Crippen LogP contribution in [0, 0.1) is 5.92 Å². The summed E-state index contributed by atoms with van der Waals surface area (Å²) in [5, 5.41) is 1.91. The van der Waals surface area contributed by atoms with Crippen LogP contribution in [0.2, 0.25) is 0 Å². The SMILES string of the molecule is CCCOC(=O)c1ccc(N2C(=O)C(c3cccs3)=C(N3CCCC(C)C3)C2=O)cc1. The van der Waals surface area contributed by atoms with E-state index in [4.69, 9.17) is 4.74 Å². The van der Waals surface area contributed by atoms with Crippen molar-refractivity contribution in [2.24, 2.45) is 5.92 Å². The van der Waals surface area contributed by atoms with Crippen molar-refractivity contribution in [3.05, 3.63) is 57.9 Å². The van der Waals surface area contributed by atoms with Gasteiger partial charge in [-0.15, -0.1) is 11.3 Å². The maximum absolute atomic E-state index is 13.5. The third-order valence-corrected chi connectivity index (χ3v) is 6.49. The molecule has 1 unspecified atom stereocenters. The van der Waals surface area contributed by atoms with Crippen LogP contribution in [0.5, 0.6) is 0 Å². The number of esters is 1. The monoisotopic (exact) mass is 438 g/mol. The average molecular weight is 439 g/mol. The van der Waals surface area contributed by atoms with E-state index in [0.717, 1.165) is 37.2 Å². The number of rotatable bonds is 6. The Morgan fingerprint density at radius 1 is 1.16 bits per heavy atom. The maximum atomic E-state index is 13.5. The van der Waals surface area contributed by atoms with Crippen molar-refractivity contribution in [3.8, 4) is 0 Å². The molecule has 2 aromatic rings. The number of benzene rings is 1. The Bertz CT molecular complexity index is 1010. The second-order valence-corrected chi connectivity index (χ2v) is 8.97. The van der Waals surface area contributed by atoms with E-state index in [-0.39, 0.29) is 11.8 Å². The predicted octanol–water partition coefficient (Wildman–Crippen LogP) is 4.33. The number of carbonyl (C=O) groups excluding carboxylic acids is 3. The average Bonchev–Trinajstić information content (AvgIpc) is 3.38. The van der Waals surface area contributed by atoms with Crippen molar-refractivity contribution in [2.75, 3.05) is 24.6 Å². The zero-order valence-electron chi connectivity index (χ0n) is 17.8. The fourth-order valence-electron chi connectivity index (χ4n) is 4.11. The van der Waals surface area contributed by atoms with E-state index in [2.05, 4.69) is 11.8 Å². The Hall–Kier alpha value is -2.93. The number of carbonyl (C=O) groups is 3. The third kappa shape index (κ3) is 4.14. The van der Waals surface area contributed by atoms with Gasteiger partial charge in [0.1, 0.15) is 5.70 Å². The summed E-state index contributed by atoms with van der Waals surface area (Å²) in [6.07, 6.45) is 2.87. The minimum absolute atomic E-state index is 0.302. The minimum Gasteiger partial charge on any atom is -0.462 e. The molecule has 162 valence electrons. The summed E-state index contributed by atoms with van der Waals surface area (Å²) in [6.45, 7) is 5.99. The Balaban J connectivity index is 1.66. The maximum Gasteiger partial charge on any atom is 0.338 e. The molecule has 4 rings (SSSR count). The standard InChI is InChI=1S/C24H26N2O4S/c1-3-13-30-24(29)17-8-10-18(11-9-17)26-22(27)20(19-7-5-14-31-19)21(23(26)28)25-12-4-6-16(2)15-25/h5,7-11,14,16H,3-4,6,12-13,15H2,1-2H3. The molecule has 31 heavy (non-hydrogen) atoms. The van der Waals surface area contributed by atoms with Crippen molar-refractivity contribution in [1.82, 2.24) is 4.90 Å². The van der Waals surface area contributed by atoms with Gasteiger partial charge in [-0.1, -0.05) is 19.9 Å². The molecule has 1 aromatic heterocycles. The van der Waals surface area contributed by atoms with Crippen molar-refractivity contribution in [2.45, 2.75) is 33.1 Å². The highest BCUT2D eigenvalue weighted by molar-refractivity contribution is 7.11. The molecule has 1 fully saturated rings. The van der Waals surface area contributed by atoms with Gasteiger partial charge >= 0.3 is 5.97 Å². The number of amides is 2. The molecule has 0 N–H and O–H groups in total. The van der Waals surface area contributed by atoms with Gasteiger partial charge in [-0.2, -0.15) is 0 Å². The summed E-state index contributed by atoms with van der Waals surface area (Å²) in [4.78, 5) is 43.1. The van der Waals surface area contributed by atoms with Crippen LogP contribution >= 0.6 is 11.3 Å². The lowest BCUT2D eigenvalue weighted by atomic mass is 9.99. The molecule has 0 radical (unpaired) electrons. The first kappa shape index (κ1) is 21.3. The second-order valence-electron chi connectivity index (χ2n) is 8.02. The molecule has 1 saturated heterocycles. The Morgan fingerprint density at radius 2 is 1.94 bits per heavy atom. The summed E-state index contributed by atoms with van der Waals surface area (Å²) in [5.41, 5.74) is 1.81. The minimum atomic E-state index is -0.409. The highest BCUT2D eigenvalue weighted by Gasteiger charge is 2.43. The number of imide groups is 1. The van der Waals surface area contributed by atoms with Gasteiger partial charge in [0.05, 0.1) is 23.4 Å². The van der Waals surface area contributed by atoms with Crippen molar-refractivity contribution in [1.29, 1.82) is 0 Å². The first-order chi connectivity index (χ1) is 15.0. The first-order valence-electron chi connectivity index (χ1n) is 10.7. The lowest BCUT2D eigenvalue weighted by molar-refractivity contribution is -0.120. The van der Waals surface area contributed by atoms with Crippen LogP contribution in [0.1, 0.15) is 48.3 Å². The second kappa shape index (κ2) is 9.06. The topological polar surface area (TPSA) is 66.9 Å². The van der Waals surface area contributed by atoms with Gasteiger partial charge < -0.3 is 9.64 Å². The molecule has 2 aliphatic heterocycles. The normalized spacial score (nSPS) is 19.4. The Morgan fingerprint density at radius 3 is 2.58 bits per heavy atom. The van der Waals surface area contributed by atoms with E-state index in [1.54, 1.807) is 24.3 Å². The molecule has 0 saturated carbocycles.